The molecule has 14 saturated carbocycles. The Morgan fingerprint density at radius 2 is 0.839 bits per heavy atom. The molecule has 0 N–H and O–H groups in total. The maximum atomic E-state index is 12.3. The molecule has 2 amide bonds. The summed E-state index contributed by atoms with van der Waals surface area (Å²) in [4.78, 5) is 25.8. The number of ether oxygens (including phenoxy) is 9. The van der Waals surface area contributed by atoms with Gasteiger partial charge in [-0.25, -0.2) is 0 Å². The van der Waals surface area contributed by atoms with Gasteiger partial charge in [0.25, 0.3) is 0 Å². The molecule has 15 aliphatic rings. The molecule has 14 aliphatic carbocycles. The number of anilines is 1. The SMILES string of the molecule is CC(C)CC(Oc1ccc(N2C(=O)C(C)C(C)C2=O)cc1)OC(C)C.CC(C)OC(C)CC1CCCCC1.CCC(C)c1ccc(OC(CC23CC4CC(CC(C4)C2)C3)OC2CCCCC2)cc1.CCC(C)c1ccc(OC(CC23CC4CC5C6CC(CC52)CC3C6C4)OC)cc1.CCC(C)c1ccc(OC(CCCC2CCCCC2)OCC(C)C)cc1.CCC(C)c1ccc(OP)c(OP)c1. The average molecular weight is 1930 g/mol. The Kier molecular flexibility index (Phi) is 43.6. The molecule has 0 spiro atoms. The number of imide groups is 1. The minimum absolute atomic E-state index is 0.0706. The zero-order valence-electron chi connectivity index (χ0n) is 89.1. The van der Waals surface area contributed by atoms with Crippen molar-refractivity contribution >= 4 is 36.4 Å². The van der Waals surface area contributed by atoms with Crippen LogP contribution >= 0.6 is 18.9 Å². The van der Waals surface area contributed by atoms with Crippen molar-refractivity contribution in [3.8, 4) is 34.5 Å². The Labute approximate surface area is 837 Å². The first-order chi connectivity index (χ1) is 65.9. The van der Waals surface area contributed by atoms with E-state index in [1.165, 1.54) is 220 Å². The van der Waals surface area contributed by atoms with Crippen molar-refractivity contribution in [1.29, 1.82) is 0 Å². The second-order valence-corrected chi connectivity index (χ2v) is 47.4. The van der Waals surface area contributed by atoms with Gasteiger partial charge in [-0.05, 0) is 375 Å². The second kappa shape index (κ2) is 54.0. The van der Waals surface area contributed by atoms with Crippen molar-refractivity contribution in [3.63, 3.8) is 0 Å². The van der Waals surface area contributed by atoms with Crippen LogP contribution in [-0.2, 0) is 33.3 Å². The maximum Gasteiger partial charge on any atom is 0.237 e. The zero-order valence-corrected chi connectivity index (χ0v) is 91.4. The van der Waals surface area contributed by atoms with Gasteiger partial charge in [0.1, 0.15) is 23.0 Å². The van der Waals surface area contributed by atoms with Crippen LogP contribution in [0.25, 0.3) is 0 Å². The lowest BCUT2D eigenvalue weighted by atomic mass is 9.30. The van der Waals surface area contributed by atoms with Crippen LogP contribution in [0.2, 0.25) is 0 Å². The lowest BCUT2D eigenvalue weighted by Crippen LogP contribution is -2.68. The molecule has 15 fully saturated rings. The second-order valence-electron chi connectivity index (χ2n) is 46.9. The van der Waals surface area contributed by atoms with Gasteiger partial charge in [0.15, 0.2) is 30.4 Å². The van der Waals surface area contributed by atoms with E-state index < -0.39 is 0 Å². The molecule has 17 atom stereocenters. The van der Waals surface area contributed by atoms with Gasteiger partial charge in [0.2, 0.25) is 18.1 Å². The van der Waals surface area contributed by atoms with Crippen molar-refractivity contribution in [1.82, 2.24) is 0 Å². The average Bonchev–Trinajstić information content (AvgIpc) is 0.675. The molecule has 0 aromatic heterocycles. The Morgan fingerprint density at radius 3 is 1.29 bits per heavy atom. The number of nitrogens with zero attached hydrogens (tertiary/aromatic N) is 1. The summed E-state index contributed by atoms with van der Waals surface area (Å²) in [7, 11) is 6.31. The fourth-order valence-corrected chi connectivity index (χ4v) is 27.7. The predicted molar refractivity (Wildman–Crippen MR) is 569 cm³/mol. The Morgan fingerprint density at radius 1 is 0.416 bits per heavy atom. The van der Waals surface area contributed by atoms with Crippen LogP contribution in [-0.4, -0.2) is 75.1 Å². The molecule has 12 bridgehead atoms. The molecule has 5 aromatic rings. The lowest BCUT2D eigenvalue weighted by molar-refractivity contribution is -0.272. The summed E-state index contributed by atoms with van der Waals surface area (Å²) < 4.78 is 65.8. The first-order valence-electron chi connectivity index (χ1n) is 55.8. The van der Waals surface area contributed by atoms with Crippen LogP contribution in [0.1, 0.15) is 421 Å². The van der Waals surface area contributed by atoms with E-state index in [2.05, 4.69) is 202 Å². The van der Waals surface area contributed by atoms with Crippen LogP contribution in [0.3, 0.4) is 0 Å². The smallest absolute Gasteiger partial charge is 0.237 e. The predicted octanol–water partition coefficient (Wildman–Crippen LogP) is 33.2. The highest BCUT2D eigenvalue weighted by molar-refractivity contribution is 7.10. The van der Waals surface area contributed by atoms with Crippen LogP contribution in [0, 0.1) is 106 Å². The third-order valence-corrected chi connectivity index (χ3v) is 35.3. The molecule has 1 aliphatic heterocycles. The van der Waals surface area contributed by atoms with Gasteiger partial charge in [0.05, 0.1) is 55.6 Å². The molecule has 17 unspecified atom stereocenters. The summed E-state index contributed by atoms with van der Waals surface area (Å²) in [6, 6.07) is 39.3. The van der Waals surface area contributed by atoms with E-state index in [0.717, 1.165) is 138 Å². The highest BCUT2D eigenvalue weighted by Gasteiger charge is 2.70. The first kappa shape index (κ1) is 110. The molecule has 5 aromatic carbocycles. The molecule has 766 valence electrons. The van der Waals surface area contributed by atoms with Crippen molar-refractivity contribution in [3.05, 3.63) is 138 Å². The van der Waals surface area contributed by atoms with Gasteiger partial charge in [-0.3, -0.25) is 14.5 Å². The molecule has 16 heteroatoms. The van der Waals surface area contributed by atoms with Crippen molar-refractivity contribution < 1.29 is 61.3 Å². The third kappa shape index (κ3) is 31.4. The Hall–Kier alpha value is -5.30. The number of rotatable bonds is 41. The van der Waals surface area contributed by atoms with Crippen LogP contribution < -0.4 is 32.9 Å². The Balaban J connectivity index is 0.000000151. The van der Waals surface area contributed by atoms with Crippen LogP contribution in [0.4, 0.5) is 5.69 Å². The van der Waals surface area contributed by atoms with Crippen LogP contribution in [0.5, 0.6) is 34.5 Å². The van der Waals surface area contributed by atoms with Crippen LogP contribution in [0.15, 0.2) is 115 Å². The minimum atomic E-state index is -0.319. The summed E-state index contributed by atoms with van der Waals surface area (Å²) in [5.41, 5.74) is 7.07. The van der Waals surface area contributed by atoms with E-state index in [1.807, 2.05) is 33.1 Å². The molecule has 14 nitrogen and oxygen atoms in total. The number of amides is 2. The fourth-order valence-electron chi connectivity index (χ4n) is 27.3. The molecular weight excluding hydrogens is 1740 g/mol. The van der Waals surface area contributed by atoms with E-state index in [9.17, 15) is 9.59 Å². The number of carbonyl (C=O) groups is 2. The summed E-state index contributed by atoms with van der Waals surface area (Å²) in [5, 5.41) is 0. The third-order valence-electron chi connectivity index (χ3n) is 34.8. The minimum Gasteiger partial charge on any atom is -0.476 e. The van der Waals surface area contributed by atoms with Gasteiger partial charge in [0, 0.05) is 44.6 Å². The number of methoxy groups -OCH3 is 1. The monoisotopic (exact) mass is 1930 g/mol. The quantitative estimate of drug-likeness (QED) is 0.0209. The molecule has 137 heavy (non-hydrogen) atoms. The van der Waals surface area contributed by atoms with Gasteiger partial charge in [-0.2, -0.15) is 0 Å². The highest BCUT2D eigenvalue weighted by Crippen LogP contribution is 2.77. The zero-order chi connectivity index (χ0) is 98.0. The van der Waals surface area contributed by atoms with Crippen molar-refractivity contribution in [2.45, 2.75) is 449 Å². The summed E-state index contributed by atoms with van der Waals surface area (Å²) >= 11 is 0. The van der Waals surface area contributed by atoms with Gasteiger partial charge in [-0.1, -0.05) is 229 Å². The van der Waals surface area contributed by atoms with E-state index in [0.29, 0.717) is 76.1 Å². The molecule has 0 radical (unpaired) electrons. The number of hydrogen-bond donors (Lipinski definition) is 0. The summed E-state index contributed by atoms with van der Waals surface area (Å²) in [5.74, 6) is 19.5. The van der Waals surface area contributed by atoms with E-state index in [-0.39, 0.29) is 54.9 Å². The molecule has 1 saturated heterocycles. The lowest BCUT2D eigenvalue weighted by Gasteiger charge is -2.75. The van der Waals surface area contributed by atoms with Gasteiger partial charge in [-0.15, -0.1) is 0 Å². The van der Waals surface area contributed by atoms with E-state index >= 15 is 0 Å². The number of benzene rings is 5. The normalized spacial score (nSPS) is 28.2. The topological polar surface area (TPSA) is 139 Å². The van der Waals surface area contributed by atoms with Gasteiger partial charge >= 0.3 is 0 Å². The largest absolute Gasteiger partial charge is 0.476 e. The molecule has 20 rings (SSSR count). The Bertz CT molecular complexity index is 4220. The number of carbonyl (C=O) groups excluding carboxylic acids is 2. The van der Waals surface area contributed by atoms with Crippen molar-refractivity contribution in [2.75, 3.05) is 18.6 Å². The highest BCUT2D eigenvalue weighted by atomic mass is 31.0. The number of hydrogen-bond acceptors (Lipinski definition) is 13. The molecular formula is C121H189NO13P2. The summed E-state index contributed by atoms with van der Waals surface area (Å²) in [6.07, 6.45) is 51.9. The van der Waals surface area contributed by atoms with Gasteiger partial charge < -0.3 is 51.7 Å². The molecule has 1 heterocycles. The fraction of sp³-hybridized carbons (Fsp3) is 0.736. The first-order valence-corrected chi connectivity index (χ1v) is 56.8. The van der Waals surface area contributed by atoms with E-state index in [1.54, 1.807) is 57.4 Å². The standard InChI is InChI=1S/C28H42O2.C27H38O2.C24H40O2.C20H29NO4.C12H24O.C10H16O2P2/c1-3-20(2)24-9-11-26(12-10-24)30-27(29-25-7-5-4-6-8-25)19-28-16-21-13-22(17-28)15-23(14-21)18-28;1-4-16(2)19-5-7-20(8-6-19)29-26(28-3)15-27-14-18-10-22-21-9-17(12-24(22)27)13-25(27)23(21)11-18;1-5-20(4)22-14-16-23(17-15-22)26-24(25-18-19(2)3)13-9-12-21-10-7-6-8-11-21;1-12(2)11-18(24-13(3)4)25-17-9-7-16(8-10-17)21-19(22)14(5)15(6)20(21)23;1-10(2)13-11(3)9-12-7-5-4-6-8-12;1-3-7(2)8-4-5-9(11-13)10(6-8)12-14/h9-12,20-23,25,27H,3-8,13-19H2,1-2H3;5-8,16-18,21-26H,4,9-15H2,1-3H3;14-17,19-21,24H,5-13,18H2,1-4H3;7-10,12-15,18H,11H2,1-6H3;10-12H,4-9H2,1-3H3;4-7H,3,13-14H2,1-2H3. The maximum absolute atomic E-state index is 12.3. The summed E-state index contributed by atoms with van der Waals surface area (Å²) in [6.45, 7) is 41.4. The van der Waals surface area contributed by atoms with Crippen molar-refractivity contribution in [2.24, 2.45) is 106 Å². The van der Waals surface area contributed by atoms with E-state index in [4.69, 9.17) is 51.7 Å².